The molecule has 21 heavy (non-hydrogen) atoms. The molecule has 0 saturated carbocycles. The molecule has 2 heterocycles. The lowest BCUT2D eigenvalue weighted by molar-refractivity contribution is 0.398. The SMILES string of the molecule is Cc1cnc(C(C)NCc2nnnn2-c2ccccc2)o1. The Labute approximate surface area is 122 Å². The maximum Gasteiger partial charge on any atom is 0.211 e. The summed E-state index contributed by atoms with van der Waals surface area (Å²) in [4.78, 5) is 4.21. The number of para-hydroxylation sites is 1. The Bertz CT molecular complexity index is 705. The lowest BCUT2D eigenvalue weighted by Crippen LogP contribution is -2.21. The predicted octanol–water partition coefficient (Wildman–Crippen LogP) is 1.81. The van der Waals surface area contributed by atoms with Crippen molar-refractivity contribution >= 4 is 0 Å². The molecule has 1 aromatic carbocycles. The summed E-state index contributed by atoms with van der Waals surface area (Å²) in [6.07, 6.45) is 1.71. The van der Waals surface area contributed by atoms with Gasteiger partial charge in [-0.3, -0.25) is 5.32 Å². The molecule has 1 unspecified atom stereocenters. The van der Waals surface area contributed by atoms with Crippen LogP contribution in [0.15, 0.2) is 40.9 Å². The first kappa shape index (κ1) is 13.4. The molecule has 0 fully saturated rings. The normalized spacial score (nSPS) is 12.5. The number of oxazole rings is 1. The zero-order valence-corrected chi connectivity index (χ0v) is 11.9. The van der Waals surface area contributed by atoms with Crippen molar-refractivity contribution in [3.63, 3.8) is 0 Å². The van der Waals surface area contributed by atoms with Gasteiger partial charge >= 0.3 is 0 Å². The van der Waals surface area contributed by atoms with Gasteiger partial charge < -0.3 is 4.42 Å². The monoisotopic (exact) mass is 284 g/mol. The van der Waals surface area contributed by atoms with Crippen molar-refractivity contribution in [1.82, 2.24) is 30.5 Å². The summed E-state index contributed by atoms with van der Waals surface area (Å²) < 4.78 is 7.21. The van der Waals surface area contributed by atoms with Crippen LogP contribution in [0.25, 0.3) is 5.69 Å². The molecule has 1 N–H and O–H groups in total. The minimum absolute atomic E-state index is 0.0142. The van der Waals surface area contributed by atoms with Gasteiger partial charge in [-0.05, 0) is 36.4 Å². The zero-order chi connectivity index (χ0) is 14.7. The fourth-order valence-electron chi connectivity index (χ4n) is 1.99. The second kappa shape index (κ2) is 5.84. The highest BCUT2D eigenvalue weighted by molar-refractivity contribution is 5.30. The average molecular weight is 284 g/mol. The third-order valence-corrected chi connectivity index (χ3v) is 3.11. The van der Waals surface area contributed by atoms with E-state index in [0.717, 1.165) is 17.3 Å². The van der Waals surface area contributed by atoms with E-state index in [9.17, 15) is 0 Å². The molecule has 3 aromatic rings. The van der Waals surface area contributed by atoms with Gasteiger partial charge in [-0.25, -0.2) is 4.98 Å². The summed E-state index contributed by atoms with van der Waals surface area (Å²) in [6.45, 7) is 4.38. The number of aryl methyl sites for hydroxylation is 1. The first-order valence-electron chi connectivity index (χ1n) is 6.72. The standard InChI is InChI=1S/C14H16N6O/c1-10-8-16-14(21-10)11(2)15-9-13-17-18-19-20(13)12-6-4-3-5-7-12/h3-8,11,15H,9H2,1-2H3. The number of hydrogen-bond donors (Lipinski definition) is 1. The van der Waals surface area contributed by atoms with Crippen LogP contribution >= 0.6 is 0 Å². The molecule has 0 radical (unpaired) electrons. The van der Waals surface area contributed by atoms with E-state index >= 15 is 0 Å². The molecule has 0 bridgehead atoms. The molecular weight excluding hydrogens is 268 g/mol. The quantitative estimate of drug-likeness (QED) is 0.769. The second-order valence-electron chi connectivity index (χ2n) is 4.75. The zero-order valence-electron chi connectivity index (χ0n) is 11.9. The third kappa shape index (κ3) is 2.97. The van der Waals surface area contributed by atoms with Gasteiger partial charge in [-0.1, -0.05) is 18.2 Å². The summed E-state index contributed by atoms with van der Waals surface area (Å²) in [5, 5.41) is 15.1. The molecule has 2 aromatic heterocycles. The lowest BCUT2D eigenvalue weighted by atomic mass is 10.3. The van der Waals surface area contributed by atoms with Crippen molar-refractivity contribution in [2.75, 3.05) is 0 Å². The highest BCUT2D eigenvalue weighted by atomic mass is 16.4. The number of rotatable bonds is 5. The second-order valence-corrected chi connectivity index (χ2v) is 4.75. The maximum atomic E-state index is 5.50. The van der Waals surface area contributed by atoms with Crippen LogP contribution in [0.2, 0.25) is 0 Å². The van der Waals surface area contributed by atoms with Crippen LogP contribution in [0, 0.1) is 6.92 Å². The van der Waals surface area contributed by atoms with Crippen molar-refractivity contribution in [3.8, 4) is 5.69 Å². The van der Waals surface area contributed by atoms with E-state index in [0.29, 0.717) is 12.4 Å². The summed E-state index contributed by atoms with van der Waals surface area (Å²) in [7, 11) is 0. The lowest BCUT2D eigenvalue weighted by Gasteiger charge is -2.10. The molecule has 7 heteroatoms. The van der Waals surface area contributed by atoms with Crippen LogP contribution in [-0.2, 0) is 6.54 Å². The van der Waals surface area contributed by atoms with E-state index in [1.165, 1.54) is 0 Å². The first-order valence-corrected chi connectivity index (χ1v) is 6.72. The Balaban J connectivity index is 1.70. The molecule has 108 valence electrons. The van der Waals surface area contributed by atoms with Gasteiger partial charge in [-0.2, -0.15) is 4.68 Å². The third-order valence-electron chi connectivity index (χ3n) is 3.11. The summed E-state index contributed by atoms with van der Waals surface area (Å²) in [5.41, 5.74) is 0.930. The van der Waals surface area contributed by atoms with Gasteiger partial charge in [0, 0.05) is 0 Å². The van der Waals surface area contributed by atoms with Crippen molar-refractivity contribution in [1.29, 1.82) is 0 Å². The predicted molar refractivity (Wildman–Crippen MR) is 75.6 cm³/mol. The first-order chi connectivity index (χ1) is 10.2. The number of hydrogen-bond acceptors (Lipinski definition) is 6. The molecule has 0 aliphatic carbocycles. The molecule has 0 amide bonds. The molecular formula is C14H16N6O. The van der Waals surface area contributed by atoms with Crippen LogP contribution in [0.1, 0.15) is 30.4 Å². The number of benzene rings is 1. The number of aromatic nitrogens is 5. The van der Waals surface area contributed by atoms with Gasteiger partial charge in [0.05, 0.1) is 24.5 Å². The van der Waals surface area contributed by atoms with Crippen LogP contribution < -0.4 is 5.32 Å². The van der Waals surface area contributed by atoms with Crippen LogP contribution in [0.4, 0.5) is 0 Å². The van der Waals surface area contributed by atoms with E-state index in [1.807, 2.05) is 44.2 Å². The molecule has 7 nitrogen and oxygen atoms in total. The highest BCUT2D eigenvalue weighted by Gasteiger charge is 2.13. The number of nitrogens with zero attached hydrogens (tertiary/aromatic N) is 5. The molecule has 0 saturated heterocycles. The van der Waals surface area contributed by atoms with Crippen LogP contribution in [0.5, 0.6) is 0 Å². The van der Waals surface area contributed by atoms with E-state index in [-0.39, 0.29) is 6.04 Å². The molecule has 0 aliphatic heterocycles. The van der Waals surface area contributed by atoms with Crippen molar-refractivity contribution in [2.24, 2.45) is 0 Å². The number of tetrazole rings is 1. The van der Waals surface area contributed by atoms with Gasteiger partial charge in [0.25, 0.3) is 0 Å². The molecule has 0 spiro atoms. The van der Waals surface area contributed by atoms with Gasteiger partial charge in [0.1, 0.15) is 5.76 Å². The van der Waals surface area contributed by atoms with E-state index in [2.05, 4.69) is 25.8 Å². The fraction of sp³-hybridized carbons (Fsp3) is 0.286. The molecule has 3 rings (SSSR count). The minimum Gasteiger partial charge on any atom is -0.444 e. The molecule has 1 atom stereocenters. The summed E-state index contributed by atoms with van der Waals surface area (Å²) in [5.74, 6) is 2.19. The van der Waals surface area contributed by atoms with Crippen molar-refractivity contribution in [2.45, 2.75) is 26.4 Å². The Kier molecular flexibility index (Phi) is 3.74. The van der Waals surface area contributed by atoms with E-state index in [4.69, 9.17) is 4.42 Å². The van der Waals surface area contributed by atoms with Gasteiger partial charge in [-0.15, -0.1) is 5.10 Å². The van der Waals surface area contributed by atoms with Gasteiger partial charge in [0.2, 0.25) is 5.89 Å². The molecule has 0 aliphatic rings. The largest absolute Gasteiger partial charge is 0.444 e. The Hall–Kier alpha value is -2.54. The smallest absolute Gasteiger partial charge is 0.211 e. The topological polar surface area (TPSA) is 81.7 Å². The average Bonchev–Trinajstić information content (AvgIpc) is 3.14. The Morgan fingerprint density at radius 2 is 2.10 bits per heavy atom. The van der Waals surface area contributed by atoms with Crippen molar-refractivity contribution in [3.05, 3.63) is 54.0 Å². The van der Waals surface area contributed by atoms with Crippen molar-refractivity contribution < 1.29 is 4.42 Å². The Morgan fingerprint density at radius 3 is 2.81 bits per heavy atom. The number of nitrogens with one attached hydrogen (secondary N) is 1. The van der Waals surface area contributed by atoms with E-state index in [1.54, 1.807) is 10.9 Å². The minimum atomic E-state index is -0.0142. The fourth-order valence-corrected chi connectivity index (χ4v) is 1.99. The summed E-state index contributed by atoms with van der Waals surface area (Å²) >= 11 is 0. The summed E-state index contributed by atoms with van der Waals surface area (Å²) in [6, 6.07) is 9.76. The maximum absolute atomic E-state index is 5.50. The highest BCUT2D eigenvalue weighted by Crippen LogP contribution is 2.13. The van der Waals surface area contributed by atoms with E-state index < -0.39 is 0 Å². The Morgan fingerprint density at radius 1 is 1.29 bits per heavy atom. The van der Waals surface area contributed by atoms with Crippen LogP contribution in [0.3, 0.4) is 0 Å². The van der Waals surface area contributed by atoms with Gasteiger partial charge in [0.15, 0.2) is 5.82 Å². The van der Waals surface area contributed by atoms with Crippen LogP contribution in [-0.4, -0.2) is 25.2 Å².